The molecule has 0 saturated carbocycles. The lowest BCUT2D eigenvalue weighted by atomic mass is 10.0. The first kappa shape index (κ1) is 24.3. The van der Waals surface area contributed by atoms with E-state index in [4.69, 9.17) is 6.57 Å². The summed E-state index contributed by atoms with van der Waals surface area (Å²) in [7, 11) is 1.69. The molecule has 0 atom stereocenters. The summed E-state index contributed by atoms with van der Waals surface area (Å²) >= 11 is 0. The third kappa shape index (κ3) is 4.01. The molecule has 36 heavy (non-hydrogen) atoms. The molecule has 182 valence electrons. The summed E-state index contributed by atoms with van der Waals surface area (Å²) < 4.78 is 0. The molecule has 10 heteroatoms. The van der Waals surface area contributed by atoms with E-state index in [9.17, 15) is 19.2 Å². The number of hydrazine groups is 1. The van der Waals surface area contributed by atoms with Crippen LogP contribution in [0.1, 0.15) is 25.3 Å². The fourth-order valence-electron chi connectivity index (χ4n) is 4.17. The normalized spacial score (nSPS) is 10.8. The molecular formula is C26H24N6O4. The number of hydrogen-bond acceptors (Lipinski definition) is 9. The van der Waals surface area contributed by atoms with Crippen LogP contribution in [-0.4, -0.2) is 18.6 Å². The fraction of sp³-hybridized carbons (Fsp3) is 0.231. The molecule has 2 aromatic rings. The van der Waals surface area contributed by atoms with Crippen molar-refractivity contribution in [3.63, 3.8) is 0 Å². The van der Waals surface area contributed by atoms with Crippen LogP contribution in [0.5, 0.6) is 0 Å². The van der Waals surface area contributed by atoms with Crippen LogP contribution in [0.4, 0.5) is 28.7 Å². The maximum absolute atomic E-state index is 13.3. The Kier molecular flexibility index (Phi) is 6.65. The van der Waals surface area contributed by atoms with Crippen molar-refractivity contribution >= 4 is 39.5 Å². The van der Waals surface area contributed by atoms with Crippen molar-refractivity contribution in [2.45, 2.75) is 26.7 Å². The number of rotatable bonds is 8. The molecule has 4 N–H and O–H groups in total. The van der Waals surface area contributed by atoms with Gasteiger partial charge in [0.25, 0.3) is 0 Å². The quantitative estimate of drug-likeness (QED) is 0.169. The van der Waals surface area contributed by atoms with Crippen LogP contribution in [0.2, 0.25) is 0 Å². The van der Waals surface area contributed by atoms with Crippen LogP contribution in [0.15, 0.2) is 49.5 Å². The third-order valence-corrected chi connectivity index (χ3v) is 6.03. The largest absolute Gasteiger partial charge is 0.379 e. The number of aromatic nitrogens is 1. The van der Waals surface area contributed by atoms with E-state index in [0.29, 0.717) is 35.1 Å². The smallest absolute Gasteiger partial charge is 0.233 e. The van der Waals surface area contributed by atoms with Gasteiger partial charge in [-0.05, 0) is 37.1 Å². The number of benzene rings is 1. The van der Waals surface area contributed by atoms with Crippen molar-refractivity contribution < 1.29 is 0 Å². The molecule has 4 rings (SSSR count). The molecular weight excluding hydrogens is 460 g/mol. The summed E-state index contributed by atoms with van der Waals surface area (Å²) in [4.78, 5) is 59.2. The van der Waals surface area contributed by atoms with Crippen molar-refractivity contribution in [3.05, 3.63) is 98.6 Å². The van der Waals surface area contributed by atoms with Crippen molar-refractivity contribution in [2.24, 2.45) is 0 Å². The minimum atomic E-state index is -0.701. The summed E-state index contributed by atoms with van der Waals surface area (Å²) in [5, 5.41) is 5.42. The molecule has 0 bridgehead atoms. The second-order valence-corrected chi connectivity index (χ2v) is 8.25. The second kappa shape index (κ2) is 9.84. The van der Waals surface area contributed by atoms with Gasteiger partial charge in [-0.2, -0.15) is 0 Å². The summed E-state index contributed by atoms with van der Waals surface area (Å²) in [6, 6.07) is 6.60. The molecule has 0 amide bonds. The van der Waals surface area contributed by atoms with E-state index in [1.807, 2.05) is 0 Å². The topological polar surface area (TPSA) is 134 Å². The zero-order valence-electron chi connectivity index (χ0n) is 20.0. The van der Waals surface area contributed by atoms with E-state index >= 15 is 0 Å². The Morgan fingerprint density at radius 1 is 0.944 bits per heavy atom. The highest BCUT2D eigenvalue weighted by Gasteiger charge is 2.18. The number of anilines is 4. The summed E-state index contributed by atoms with van der Waals surface area (Å²) in [5.74, 6) is 0.929. The summed E-state index contributed by atoms with van der Waals surface area (Å²) in [6.45, 7) is 12.2. The van der Waals surface area contributed by atoms with Crippen molar-refractivity contribution in [1.29, 1.82) is 0 Å². The predicted octanol–water partition coefficient (Wildman–Crippen LogP) is 2.83. The zero-order valence-corrected chi connectivity index (χ0v) is 20.0. The Hall–Kier alpha value is -4.78. The van der Waals surface area contributed by atoms with E-state index in [1.165, 1.54) is 6.07 Å². The highest BCUT2D eigenvalue weighted by molar-refractivity contribution is 5.94. The van der Waals surface area contributed by atoms with Crippen LogP contribution < -0.4 is 43.2 Å². The Labute approximate surface area is 205 Å². The maximum Gasteiger partial charge on any atom is 0.233 e. The Morgan fingerprint density at radius 2 is 1.64 bits per heavy atom. The predicted molar refractivity (Wildman–Crippen MR) is 142 cm³/mol. The molecule has 0 saturated heterocycles. The van der Waals surface area contributed by atoms with Gasteiger partial charge in [0.2, 0.25) is 11.1 Å². The Morgan fingerprint density at radius 3 is 2.28 bits per heavy atom. The van der Waals surface area contributed by atoms with Crippen LogP contribution in [0.3, 0.4) is 0 Å². The van der Waals surface area contributed by atoms with Gasteiger partial charge in [-0.25, -0.2) is 9.83 Å². The maximum atomic E-state index is 13.3. The van der Waals surface area contributed by atoms with Crippen LogP contribution >= 0.6 is 0 Å². The van der Waals surface area contributed by atoms with Gasteiger partial charge in [0, 0.05) is 19.0 Å². The molecule has 1 aromatic carbocycles. The van der Waals surface area contributed by atoms with E-state index in [2.05, 4.69) is 38.2 Å². The van der Waals surface area contributed by atoms with Crippen molar-refractivity contribution in [2.75, 3.05) is 35.1 Å². The number of hydrogen-bond donors (Lipinski definition) is 4. The number of fused-ring (bicyclic) bond motifs is 1. The van der Waals surface area contributed by atoms with Crippen molar-refractivity contribution in [1.82, 2.24) is 4.98 Å². The molecule has 0 fully saturated rings. The lowest BCUT2D eigenvalue weighted by Gasteiger charge is -2.19. The highest BCUT2D eigenvalue weighted by Crippen LogP contribution is 2.37. The minimum absolute atomic E-state index is 0.00919. The van der Waals surface area contributed by atoms with Crippen LogP contribution in [0, 0.1) is 23.9 Å². The lowest BCUT2D eigenvalue weighted by Crippen LogP contribution is -2.28. The SMILES string of the molecule is [C-]#[N+]c1c(NCCCC)nc(NC)c(NNc2cccc3c(=O)c4c(=O)ccc(=O)c=4c(=O)c23)c1C. The summed E-state index contributed by atoms with van der Waals surface area (Å²) in [5.41, 5.74) is 4.91. The van der Waals surface area contributed by atoms with Gasteiger partial charge < -0.3 is 16.1 Å². The Bertz CT molecular complexity index is 1800. The highest BCUT2D eigenvalue weighted by atomic mass is 16.1. The molecule has 0 aliphatic heterocycles. The first-order chi connectivity index (χ1) is 17.3. The molecule has 2 aliphatic carbocycles. The van der Waals surface area contributed by atoms with Gasteiger partial charge in [0.1, 0.15) is 5.82 Å². The monoisotopic (exact) mass is 484 g/mol. The average Bonchev–Trinajstić information content (AvgIpc) is 2.87. The summed E-state index contributed by atoms with van der Waals surface area (Å²) in [6.07, 6.45) is 1.93. The molecule has 1 heterocycles. The minimum Gasteiger partial charge on any atom is -0.379 e. The van der Waals surface area contributed by atoms with Gasteiger partial charge in [-0.3, -0.25) is 24.6 Å². The first-order valence-corrected chi connectivity index (χ1v) is 11.4. The first-order valence-electron chi connectivity index (χ1n) is 11.4. The molecule has 0 unspecified atom stereocenters. The molecule has 1 aromatic heterocycles. The molecule has 0 radical (unpaired) electrons. The van der Waals surface area contributed by atoms with Gasteiger partial charge in [0.05, 0.1) is 33.8 Å². The Balaban J connectivity index is 1.84. The molecule has 2 aliphatic rings. The average molecular weight is 485 g/mol. The fourth-order valence-corrected chi connectivity index (χ4v) is 4.17. The van der Waals surface area contributed by atoms with Gasteiger partial charge >= 0.3 is 0 Å². The number of pyridine rings is 1. The van der Waals surface area contributed by atoms with E-state index in [1.54, 1.807) is 26.1 Å². The second-order valence-electron chi connectivity index (χ2n) is 8.25. The number of nitrogens with zero attached hydrogens (tertiary/aromatic N) is 2. The van der Waals surface area contributed by atoms with Crippen LogP contribution in [0.25, 0.3) is 15.6 Å². The third-order valence-electron chi connectivity index (χ3n) is 6.03. The number of unbranched alkanes of at least 4 members (excludes halogenated alkanes) is 1. The van der Waals surface area contributed by atoms with E-state index < -0.39 is 32.2 Å². The van der Waals surface area contributed by atoms with Gasteiger partial charge in [-0.15, -0.1) is 0 Å². The van der Waals surface area contributed by atoms with Crippen LogP contribution in [-0.2, 0) is 0 Å². The lowest BCUT2D eigenvalue weighted by molar-refractivity contribution is 0.831. The molecule has 0 spiro atoms. The zero-order chi connectivity index (χ0) is 26.0. The van der Waals surface area contributed by atoms with Gasteiger partial charge in [0.15, 0.2) is 22.1 Å². The molecule has 10 nitrogen and oxygen atoms in total. The van der Waals surface area contributed by atoms with Crippen molar-refractivity contribution in [3.8, 4) is 0 Å². The number of nitrogens with one attached hydrogen (secondary N) is 4. The van der Waals surface area contributed by atoms with Gasteiger partial charge in [-0.1, -0.05) is 25.5 Å². The van der Waals surface area contributed by atoms with E-state index in [-0.39, 0.29) is 16.5 Å². The standard InChI is InChI=1S/C26H24N6O4/c1-5-6-12-29-26-21(27-3)13(2)22(25(28-4)30-26)32-31-15-9-7-8-14-18(15)24(36)20-17(34)11-10-16(33)19(20)23(14)35/h7-11,31-32H,5-6,12H2,1-2,4H3,(H2,28,29,30). The van der Waals surface area contributed by atoms with E-state index in [0.717, 1.165) is 25.0 Å².